The van der Waals surface area contributed by atoms with E-state index in [1.165, 1.54) is 0 Å². The van der Waals surface area contributed by atoms with Crippen LogP contribution in [0.5, 0.6) is 0 Å². The predicted molar refractivity (Wildman–Crippen MR) is 81.6 cm³/mol. The summed E-state index contributed by atoms with van der Waals surface area (Å²) in [6.07, 6.45) is 1.04. The third-order valence-corrected chi connectivity index (χ3v) is 3.80. The molecule has 0 unspecified atom stereocenters. The van der Waals surface area contributed by atoms with E-state index in [0.29, 0.717) is 11.0 Å². The summed E-state index contributed by atoms with van der Waals surface area (Å²) >= 11 is 6.24. The zero-order chi connectivity index (χ0) is 13.8. The molecule has 0 aliphatic heterocycles. The quantitative estimate of drug-likeness (QED) is 0.885. The van der Waals surface area contributed by atoms with E-state index < -0.39 is 0 Å². The molecule has 0 atom stereocenters. The number of hydrogen-bond acceptors (Lipinski definition) is 3. The second-order valence-electron chi connectivity index (χ2n) is 4.61. The minimum atomic E-state index is 0.544. The minimum Gasteiger partial charge on any atom is -0.369 e. The van der Waals surface area contributed by atoms with E-state index in [9.17, 15) is 0 Å². The number of fused-ring (bicyclic) bond motifs is 1. The average Bonchev–Trinajstić information content (AvgIpc) is 2.72. The van der Waals surface area contributed by atoms with Crippen molar-refractivity contribution < 1.29 is 0 Å². The van der Waals surface area contributed by atoms with Crippen LogP contribution in [0.15, 0.2) is 18.2 Å². The number of halogens is 1. The second kappa shape index (κ2) is 6.26. The minimum absolute atomic E-state index is 0.544. The molecule has 19 heavy (non-hydrogen) atoms. The predicted octanol–water partition coefficient (Wildman–Crippen LogP) is 3.00. The van der Waals surface area contributed by atoms with E-state index in [1.807, 2.05) is 22.8 Å². The molecule has 0 aliphatic rings. The van der Waals surface area contributed by atoms with E-state index in [-0.39, 0.29) is 0 Å². The van der Waals surface area contributed by atoms with Gasteiger partial charge in [0.1, 0.15) is 0 Å². The monoisotopic (exact) mass is 280 g/mol. The van der Waals surface area contributed by atoms with Gasteiger partial charge in [-0.15, -0.1) is 0 Å². The summed E-state index contributed by atoms with van der Waals surface area (Å²) < 4.78 is 2.02. The first-order chi connectivity index (χ1) is 9.17. The summed E-state index contributed by atoms with van der Waals surface area (Å²) in [5, 5.41) is 0.713. The number of aromatic nitrogens is 2. The topological polar surface area (TPSA) is 47.1 Å². The summed E-state index contributed by atoms with van der Waals surface area (Å²) in [5.41, 5.74) is 7.80. The average molecular weight is 281 g/mol. The molecular weight excluding hydrogens is 260 g/mol. The molecule has 0 saturated carbocycles. The largest absolute Gasteiger partial charge is 0.369 e. The van der Waals surface area contributed by atoms with Crippen LogP contribution < -0.4 is 5.73 Å². The standard InChI is InChI=1S/C14H21ClN4/c1-3-18(4-2)9-6-10-19-13-11(15)7-5-8-12(13)17-14(19)16/h5,7-8H,3-4,6,9-10H2,1-2H3,(H2,16,17). The van der Waals surface area contributed by atoms with Crippen LogP contribution in [0.25, 0.3) is 11.0 Å². The molecule has 0 bridgehead atoms. The molecule has 0 fully saturated rings. The fourth-order valence-corrected chi connectivity index (χ4v) is 2.65. The van der Waals surface area contributed by atoms with E-state index in [1.54, 1.807) is 0 Å². The van der Waals surface area contributed by atoms with Crippen molar-refractivity contribution in [2.45, 2.75) is 26.8 Å². The summed E-state index contributed by atoms with van der Waals surface area (Å²) in [4.78, 5) is 6.75. The molecule has 104 valence electrons. The Morgan fingerprint density at radius 1 is 1.32 bits per heavy atom. The molecule has 0 saturated heterocycles. The molecular formula is C14H21ClN4. The van der Waals surface area contributed by atoms with Crippen LogP contribution in [-0.4, -0.2) is 34.1 Å². The Morgan fingerprint density at radius 3 is 2.74 bits per heavy atom. The van der Waals surface area contributed by atoms with Gasteiger partial charge in [-0.3, -0.25) is 0 Å². The molecule has 1 aromatic heterocycles. The maximum Gasteiger partial charge on any atom is 0.201 e. The summed E-state index contributed by atoms with van der Waals surface area (Å²) in [7, 11) is 0. The highest BCUT2D eigenvalue weighted by Gasteiger charge is 2.11. The van der Waals surface area contributed by atoms with Crippen molar-refractivity contribution in [3.63, 3.8) is 0 Å². The molecule has 0 spiro atoms. The maximum atomic E-state index is 6.24. The van der Waals surface area contributed by atoms with E-state index in [0.717, 1.165) is 43.6 Å². The number of nitrogens with zero attached hydrogens (tertiary/aromatic N) is 3. The van der Waals surface area contributed by atoms with Crippen LogP contribution in [-0.2, 0) is 6.54 Å². The van der Waals surface area contributed by atoms with Crippen LogP contribution in [0.2, 0.25) is 5.02 Å². The Bertz CT molecular complexity index is 546. The second-order valence-corrected chi connectivity index (χ2v) is 5.02. The van der Waals surface area contributed by atoms with Crippen molar-refractivity contribution in [3.8, 4) is 0 Å². The van der Waals surface area contributed by atoms with Gasteiger partial charge in [-0.1, -0.05) is 31.5 Å². The number of rotatable bonds is 6. The Morgan fingerprint density at radius 2 is 2.05 bits per heavy atom. The number of imidazole rings is 1. The number of nitrogens with two attached hydrogens (primary N) is 1. The van der Waals surface area contributed by atoms with Crippen LogP contribution >= 0.6 is 11.6 Å². The van der Waals surface area contributed by atoms with Gasteiger partial charge in [0.05, 0.1) is 16.1 Å². The Kier molecular flexibility index (Phi) is 4.66. The van der Waals surface area contributed by atoms with Gasteiger partial charge in [0.2, 0.25) is 5.95 Å². The zero-order valence-electron chi connectivity index (χ0n) is 11.6. The molecule has 2 aromatic rings. The first-order valence-electron chi connectivity index (χ1n) is 6.80. The zero-order valence-corrected chi connectivity index (χ0v) is 12.3. The smallest absolute Gasteiger partial charge is 0.201 e. The van der Waals surface area contributed by atoms with Gasteiger partial charge in [0, 0.05) is 6.54 Å². The SMILES string of the molecule is CCN(CC)CCCn1c(N)nc2cccc(Cl)c21. The van der Waals surface area contributed by atoms with Crippen LogP contribution in [0, 0.1) is 0 Å². The molecule has 1 aromatic carbocycles. The van der Waals surface area contributed by atoms with Gasteiger partial charge >= 0.3 is 0 Å². The lowest BCUT2D eigenvalue weighted by molar-refractivity contribution is 0.294. The lowest BCUT2D eigenvalue weighted by Crippen LogP contribution is -2.25. The fourth-order valence-electron chi connectivity index (χ4n) is 2.38. The number of hydrogen-bond donors (Lipinski definition) is 1. The Balaban J connectivity index is 2.14. The highest BCUT2D eigenvalue weighted by molar-refractivity contribution is 6.35. The van der Waals surface area contributed by atoms with E-state index in [2.05, 4.69) is 23.7 Å². The van der Waals surface area contributed by atoms with Crippen molar-refractivity contribution in [3.05, 3.63) is 23.2 Å². The van der Waals surface area contributed by atoms with Crippen molar-refractivity contribution in [1.82, 2.24) is 14.5 Å². The summed E-state index contributed by atoms with van der Waals surface area (Å²) in [6.45, 7) is 8.44. The van der Waals surface area contributed by atoms with Crippen molar-refractivity contribution in [2.75, 3.05) is 25.4 Å². The first-order valence-corrected chi connectivity index (χ1v) is 7.17. The number of para-hydroxylation sites is 1. The van der Waals surface area contributed by atoms with Crippen LogP contribution in [0.1, 0.15) is 20.3 Å². The van der Waals surface area contributed by atoms with E-state index in [4.69, 9.17) is 17.3 Å². The highest BCUT2D eigenvalue weighted by atomic mass is 35.5. The van der Waals surface area contributed by atoms with Crippen molar-refractivity contribution in [2.24, 2.45) is 0 Å². The van der Waals surface area contributed by atoms with Gasteiger partial charge in [-0.05, 0) is 38.2 Å². The number of benzene rings is 1. The van der Waals surface area contributed by atoms with Gasteiger partial charge in [0.15, 0.2) is 0 Å². The highest BCUT2D eigenvalue weighted by Crippen LogP contribution is 2.25. The van der Waals surface area contributed by atoms with Gasteiger partial charge in [-0.2, -0.15) is 0 Å². The molecule has 2 rings (SSSR count). The fraction of sp³-hybridized carbons (Fsp3) is 0.500. The van der Waals surface area contributed by atoms with Crippen molar-refractivity contribution >= 4 is 28.6 Å². The molecule has 5 heteroatoms. The molecule has 0 amide bonds. The Labute approximate surface area is 119 Å². The van der Waals surface area contributed by atoms with Crippen LogP contribution in [0.4, 0.5) is 5.95 Å². The first kappa shape index (κ1) is 14.2. The molecule has 2 N–H and O–H groups in total. The van der Waals surface area contributed by atoms with Gasteiger partial charge in [0.25, 0.3) is 0 Å². The summed E-state index contributed by atoms with van der Waals surface area (Å²) in [5.74, 6) is 0.544. The Hall–Kier alpha value is -1.26. The third kappa shape index (κ3) is 3.01. The lowest BCUT2D eigenvalue weighted by atomic mass is 10.3. The molecule has 0 aliphatic carbocycles. The lowest BCUT2D eigenvalue weighted by Gasteiger charge is -2.18. The summed E-state index contributed by atoms with van der Waals surface area (Å²) in [6, 6.07) is 5.72. The normalized spacial score (nSPS) is 11.6. The van der Waals surface area contributed by atoms with Crippen LogP contribution in [0.3, 0.4) is 0 Å². The maximum absolute atomic E-state index is 6.24. The van der Waals surface area contributed by atoms with Gasteiger partial charge < -0.3 is 15.2 Å². The number of anilines is 1. The third-order valence-electron chi connectivity index (χ3n) is 3.50. The molecule has 4 nitrogen and oxygen atoms in total. The van der Waals surface area contributed by atoms with Gasteiger partial charge in [-0.25, -0.2) is 4.98 Å². The molecule has 0 radical (unpaired) electrons. The number of aryl methyl sites for hydroxylation is 1. The van der Waals surface area contributed by atoms with Crippen molar-refractivity contribution in [1.29, 1.82) is 0 Å². The molecule has 1 heterocycles. The number of nitrogen functional groups attached to an aromatic ring is 1. The van der Waals surface area contributed by atoms with E-state index >= 15 is 0 Å².